The van der Waals surface area contributed by atoms with E-state index < -0.39 is 5.97 Å². The van der Waals surface area contributed by atoms with Crippen LogP contribution in [0.25, 0.3) is 11.4 Å². The van der Waals surface area contributed by atoms with E-state index in [1.54, 1.807) is 0 Å². The van der Waals surface area contributed by atoms with Gasteiger partial charge in [0, 0.05) is 18.2 Å². The molecular weight excluding hydrogens is 254 g/mol. The van der Waals surface area contributed by atoms with Crippen molar-refractivity contribution in [1.29, 1.82) is 0 Å². The third-order valence-electron chi connectivity index (χ3n) is 3.75. The van der Waals surface area contributed by atoms with Crippen molar-refractivity contribution in [3.63, 3.8) is 0 Å². The van der Waals surface area contributed by atoms with Gasteiger partial charge in [-0.05, 0) is 19.8 Å². The molecule has 2 heterocycles. The van der Waals surface area contributed by atoms with Crippen molar-refractivity contribution in [3.8, 4) is 11.4 Å². The Morgan fingerprint density at radius 2 is 2.10 bits per heavy atom. The topological polar surface area (TPSA) is 81.1 Å². The number of imidazole rings is 1. The van der Waals surface area contributed by atoms with Crippen LogP contribution >= 0.6 is 0 Å². The van der Waals surface area contributed by atoms with E-state index >= 15 is 0 Å². The van der Waals surface area contributed by atoms with Crippen LogP contribution in [0.5, 0.6) is 0 Å². The smallest absolute Gasteiger partial charge is 0.356 e. The number of nitrogens with two attached hydrogens (primary N) is 1. The minimum atomic E-state index is -0.970. The Bertz CT molecular complexity index is 659. The SMILES string of the molecule is Cc1ccc(-c2nc(C(=O)O)c3n2CC(N)CC3)cc1. The molecule has 0 saturated carbocycles. The van der Waals surface area contributed by atoms with Crippen LogP contribution in [-0.2, 0) is 13.0 Å². The summed E-state index contributed by atoms with van der Waals surface area (Å²) in [6.45, 7) is 2.64. The van der Waals surface area contributed by atoms with E-state index in [2.05, 4.69) is 4.98 Å². The molecule has 104 valence electrons. The van der Waals surface area contributed by atoms with Crippen LogP contribution in [0.3, 0.4) is 0 Å². The zero-order valence-electron chi connectivity index (χ0n) is 11.3. The standard InChI is InChI=1S/C15H17N3O2/c1-9-2-4-10(5-3-9)14-17-13(15(19)20)12-7-6-11(16)8-18(12)14/h2-5,11H,6-8,16H2,1H3,(H,19,20). The number of aromatic carboxylic acids is 1. The second-order valence-electron chi connectivity index (χ2n) is 5.31. The maximum atomic E-state index is 11.3. The number of nitrogens with zero attached hydrogens (tertiary/aromatic N) is 2. The van der Waals surface area contributed by atoms with Crippen molar-refractivity contribution in [2.24, 2.45) is 5.73 Å². The Morgan fingerprint density at radius 3 is 2.75 bits per heavy atom. The maximum absolute atomic E-state index is 11.3. The van der Waals surface area contributed by atoms with Crippen LogP contribution in [0.2, 0.25) is 0 Å². The van der Waals surface area contributed by atoms with E-state index in [1.807, 2.05) is 35.8 Å². The van der Waals surface area contributed by atoms with Gasteiger partial charge in [0.15, 0.2) is 5.69 Å². The summed E-state index contributed by atoms with van der Waals surface area (Å²) < 4.78 is 1.96. The molecule has 1 aromatic heterocycles. The molecule has 2 aromatic rings. The number of fused-ring (bicyclic) bond motifs is 1. The summed E-state index contributed by atoms with van der Waals surface area (Å²) in [6, 6.07) is 8.00. The Morgan fingerprint density at radius 1 is 1.40 bits per heavy atom. The fourth-order valence-electron chi connectivity index (χ4n) is 2.68. The minimum Gasteiger partial charge on any atom is -0.476 e. The molecular formula is C15H17N3O2. The van der Waals surface area contributed by atoms with Crippen molar-refractivity contribution in [1.82, 2.24) is 9.55 Å². The second-order valence-corrected chi connectivity index (χ2v) is 5.31. The van der Waals surface area contributed by atoms with Crippen LogP contribution in [0, 0.1) is 6.92 Å². The Hall–Kier alpha value is -2.14. The quantitative estimate of drug-likeness (QED) is 0.873. The largest absolute Gasteiger partial charge is 0.476 e. The number of hydrogen-bond donors (Lipinski definition) is 2. The van der Waals surface area contributed by atoms with Crippen LogP contribution < -0.4 is 5.73 Å². The average molecular weight is 271 g/mol. The lowest BCUT2D eigenvalue weighted by molar-refractivity contribution is 0.0689. The minimum absolute atomic E-state index is 0.0579. The molecule has 1 aromatic carbocycles. The molecule has 3 rings (SSSR count). The first-order valence-electron chi connectivity index (χ1n) is 6.71. The number of aromatic nitrogens is 2. The molecule has 20 heavy (non-hydrogen) atoms. The lowest BCUT2D eigenvalue weighted by atomic mass is 10.0. The van der Waals surface area contributed by atoms with E-state index in [4.69, 9.17) is 5.73 Å². The Labute approximate surface area is 117 Å². The molecule has 0 radical (unpaired) electrons. The Kier molecular flexibility index (Phi) is 3.06. The van der Waals surface area contributed by atoms with Crippen molar-refractivity contribution >= 4 is 5.97 Å². The number of hydrogen-bond acceptors (Lipinski definition) is 3. The molecule has 5 heteroatoms. The molecule has 3 N–H and O–H groups in total. The van der Waals surface area contributed by atoms with Crippen molar-refractivity contribution in [2.75, 3.05) is 0 Å². The first-order valence-corrected chi connectivity index (χ1v) is 6.71. The number of rotatable bonds is 2. The van der Waals surface area contributed by atoms with Gasteiger partial charge < -0.3 is 15.4 Å². The number of aryl methyl sites for hydroxylation is 1. The van der Waals surface area contributed by atoms with E-state index in [0.717, 1.165) is 23.2 Å². The van der Waals surface area contributed by atoms with Gasteiger partial charge in [0.2, 0.25) is 0 Å². The van der Waals surface area contributed by atoms with Crippen LogP contribution in [0.4, 0.5) is 0 Å². The van der Waals surface area contributed by atoms with Crippen LogP contribution in [0.15, 0.2) is 24.3 Å². The maximum Gasteiger partial charge on any atom is 0.356 e. The summed E-state index contributed by atoms with van der Waals surface area (Å²) in [4.78, 5) is 15.7. The van der Waals surface area contributed by atoms with Gasteiger partial charge in [0.05, 0.1) is 5.69 Å². The van der Waals surface area contributed by atoms with Gasteiger partial charge in [0.1, 0.15) is 5.82 Å². The second kappa shape index (κ2) is 4.76. The highest BCUT2D eigenvalue weighted by atomic mass is 16.4. The fraction of sp³-hybridized carbons (Fsp3) is 0.333. The van der Waals surface area contributed by atoms with Gasteiger partial charge in [-0.1, -0.05) is 29.8 Å². The highest BCUT2D eigenvalue weighted by Crippen LogP contribution is 2.27. The molecule has 1 aliphatic heterocycles. The number of carboxylic acid groups (broad SMARTS) is 1. The summed E-state index contributed by atoms with van der Waals surface area (Å²) in [7, 11) is 0. The van der Waals surface area contributed by atoms with Gasteiger partial charge >= 0.3 is 5.97 Å². The number of carboxylic acids is 1. The summed E-state index contributed by atoms with van der Waals surface area (Å²) >= 11 is 0. The third-order valence-corrected chi connectivity index (χ3v) is 3.75. The van der Waals surface area contributed by atoms with E-state index in [-0.39, 0.29) is 11.7 Å². The van der Waals surface area contributed by atoms with Crippen molar-refractivity contribution in [2.45, 2.75) is 32.4 Å². The highest BCUT2D eigenvalue weighted by molar-refractivity contribution is 5.88. The predicted octanol–water partition coefficient (Wildman–Crippen LogP) is 1.83. The normalized spacial score (nSPS) is 17.8. The van der Waals surface area contributed by atoms with E-state index in [1.165, 1.54) is 0 Å². The average Bonchev–Trinajstić information content (AvgIpc) is 2.78. The molecule has 0 fully saturated rings. The summed E-state index contributed by atoms with van der Waals surface area (Å²) in [5, 5.41) is 9.30. The van der Waals surface area contributed by atoms with Crippen LogP contribution in [-0.4, -0.2) is 26.7 Å². The first kappa shape index (κ1) is 12.9. The van der Waals surface area contributed by atoms with Gasteiger partial charge in [-0.2, -0.15) is 0 Å². The summed E-state index contributed by atoms with van der Waals surface area (Å²) in [5.74, 6) is -0.268. The molecule has 0 spiro atoms. The molecule has 0 aliphatic carbocycles. The van der Waals surface area contributed by atoms with E-state index in [9.17, 15) is 9.90 Å². The van der Waals surface area contributed by atoms with Crippen molar-refractivity contribution < 1.29 is 9.90 Å². The number of benzene rings is 1. The lowest BCUT2D eigenvalue weighted by Gasteiger charge is -2.22. The summed E-state index contributed by atoms with van der Waals surface area (Å²) in [5.41, 5.74) is 9.05. The molecule has 1 atom stereocenters. The molecule has 0 saturated heterocycles. The lowest BCUT2D eigenvalue weighted by Crippen LogP contribution is -2.32. The third kappa shape index (κ3) is 2.10. The predicted molar refractivity (Wildman–Crippen MR) is 75.7 cm³/mol. The van der Waals surface area contributed by atoms with Gasteiger partial charge in [-0.15, -0.1) is 0 Å². The highest BCUT2D eigenvalue weighted by Gasteiger charge is 2.27. The molecule has 1 aliphatic rings. The molecule has 5 nitrogen and oxygen atoms in total. The first-order chi connectivity index (χ1) is 9.56. The zero-order chi connectivity index (χ0) is 14.3. The van der Waals surface area contributed by atoms with Crippen LogP contribution in [0.1, 0.15) is 28.2 Å². The molecule has 0 bridgehead atoms. The van der Waals surface area contributed by atoms with Gasteiger partial charge in [-0.3, -0.25) is 0 Å². The fourth-order valence-corrected chi connectivity index (χ4v) is 2.68. The van der Waals surface area contributed by atoms with Crippen molar-refractivity contribution in [3.05, 3.63) is 41.2 Å². The number of carbonyl (C=O) groups is 1. The van der Waals surface area contributed by atoms with Gasteiger partial charge in [-0.25, -0.2) is 9.78 Å². The molecule has 1 unspecified atom stereocenters. The monoisotopic (exact) mass is 271 g/mol. The van der Waals surface area contributed by atoms with E-state index in [0.29, 0.717) is 18.8 Å². The molecule has 0 amide bonds. The summed E-state index contributed by atoms with van der Waals surface area (Å²) in [6.07, 6.45) is 1.47. The van der Waals surface area contributed by atoms with Gasteiger partial charge in [0.25, 0.3) is 0 Å². The Balaban J connectivity index is 2.15. The zero-order valence-corrected chi connectivity index (χ0v) is 11.3.